The summed E-state index contributed by atoms with van der Waals surface area (Å²) in [5.41, 5.74) is 0.734. The van der Waals surface area contributed by atoms with Gasteiger partial charge in [-0.3, -0.25) is 9.78 Å². The average molecular weight is 318 g/mol. The first kappa shape index (κ1) is 13.8. The van der Waals surface area contributed by atoms with Crippen molar-refractivity contribution in [1.82, 2.24) is 15.6 Å². The molecule has 2 aliphatic rings. The van der Waals surface area contributed by atoms with Gasteiger partial charge in [0.05, 0.1) is 5.02 Å². The number of carbonyl (C=O) groups is 1. The molecule has 0 radical (unpaired) electrons. The van der Waals surface area contributed by atoms with E-state index in [1.807, 2.05) is 0 Å². The van der Waals surface area contributed by atoms with E-state index >= 15 is 0 Å². The summed E-state index contributed by atoms with van der Waals surface area (Å²) in [5, 5.41) is 7.07. The molecule has 0 unspecified atom stereocenters. The molecule has 6 heteroatoms. The Balaban J connectivity index is 1.49. The lowest BCUT2D eigenvalue weighted by molar-refractivity contribution is 0.0903. The Morgan fingerprint density at radius 3 is 3.00 bits per heavy atom. The summed E-state index contributed by atoms with van der Waals surface area (Å²) in [5.74, 6) is 0.713. The third kappa shape index (κ3) is 2.40. The van der Waals surface area contributed by atoms with E-state index in [-0.39, 0.29) is 11.9 Å². The fraction of sp³-hybridized carbons (Fsp3) is 0.375. The zero-order valence-electron chi connectivity index (χ0n) is 11.9. The van der Waals surface area contributed by atoms with Crippen LogP contribution in [0.4, 0.5) is 0 Å². The van der Waals surface area contributed by atoms with Crippen molar-refractivity contribution in [2.24, 2.45) is 0 Å². The lowest BCUT2D eigenvalue weighted by atomic mass is 9.95. The highest BCUT2D eigenvalue weighted by Crippen LogP contribution is 2.30. The Morgan fingerprint density at radius 2 is 2.27 bits per heavy atom. The second-order valence-electron chi connectivity index (χ2n) is 5.88. The van der Waals surface area contributed by atoms with Gasteiger partial charge in [0.2, 0.25) is 0 Å². The smallest absolute Gasteiger partial charge is 0.287 e. The van der Waals surface area contributed by atoms with E-state index < -0.39 is 0 Å². The van der Waals surface area contributed by atoms with Crippen LogP contribution < -0.4 is 10.6 Å². The Hall–Kier alpha value is -1.85. The normalized spacial score (nSPS) is 26.3. The van der Waals surface area contributed by atoms with Crippen molar-refractivity contribution in [2.75, 3.05) is 0 Å². The average Bonchev–Trinajstić information content (AvgIpc) is 3.24. The first-order chi connectivity index (χ1) is 10.7. The van der Waals surface area contributed by atoms with E-state index in [1.165, 1.54) is 6.42 Å². The molecule has 2 N–H and O–H groups in total. The predicted octanol–water partition coefficient (Wildman–Crippen LogP) is 2.62. The molecule has 0 aliphatic carbocycles. The second-order valence-corrected chi connectivity index (χ2v) is 6.29. The van der Waals surface area contributed by atoms with Gasteiger partial charge in [-0.05, 0) is 37.5 Å². The summed E-state index contributed by atoms with van der Waals surface area (Å²) in [7, 11) is 0. The molecule has 2 bridgehead atoms. The highest BCUT2D eigenvalue weighted by molar-refractivity contribution is 6.33. The molecule has 0 saturated carbocycles. The summed E-state index contributed by atoms with van der Waals surface area (Å²) in [4.78, 5) is 16.3. The van der Waals surface area contributed by atoms with E-state index in [2.05, 4.69) is 15.6 Å². The van der Waals surface area contributed by atoms with Gasteiger partial charge >= 0.3 is 0 Å². The summed E-state index contributed by atoms with van der Waals surface area (Å²) in [6.07, 6.45) is 6.54. The number of pyridine rings is 1. The third-order valence-electron chi connectivity index (χ3n) is 4.48. The summed E-state index contributed by atoms with van der Waals surface area (Å²) in [6, 6.07) is 6.36. The van der Waals surface area contributed by atoms with Crippen LogP contribution in [0.2, 0.25) is 5.02 Å². The number of amides is 1. The van der Waals surface area contributed by atoms with Crippen molar-refractivity contribution >= 4 is 17.5 Å². The van der Waals surface area contributed by atoms with Gasteiger partial charge in [0.1, 0.15) is 5.76 Å². The van der Waals surface area contributed by atoms with Gasteiger partial charge in [0, 0.05) is 36.1 Å². The Bertz CT molecular complexity index is 715. The topological polar surface area (TPSA) is 67.2 Å². The number of hydrogen-bond donors (Lipinski definition) is 2. The van der Waals surface area contributed by atoms with Crippen LogP contribution in [0.15, 0.2) is 35.0 Å². The quantitative estimate of drug-likeness (QED) is 0.913. The van der Waals surface area contributed by atoms with E-state index in [0.717, 1.165) is 18.4 Å². The lowest BCUT2D eigenvalue weighted by Gasteiger charge is -2.20. The molecule has 0 aromatic carbocycles. The van der Waals surface area contributed by atoms with Crippen LogP contribution in [-0.2, 0) is 0 Å². The molecule has 4 heterocycles. The fourth-order valence-electron chi connectivity index (χ4n) is 3.40. The summed E-state index contributed by atoms with van der Waals surface area (Å²) in [6.45, 7) is 0. The zero-order valence-corrected chi connectivity index (χ0v) is 12.6. The van der Waals surface area contributed by atoms with E-state index in [1.54, 1.807) is 30.6 Å². The minimum Gasteiger partial charge on any atom is -0.451 e. The molecule has 3 atom stereocenters. The van der Waals surface area contributed by atoms with E-state index in [4.69, 9.17) is 16.0 Å². The maximum atomic E-state index is 12.3. The van der Waals surface area contributed by atoms with Gasteiger partial charge in [-0.2, -0.15) is 0 Å². The maximum Gasteiger partial charge on any atom is 0.287 e. The molecule has 4 rings (SSSR count). The molecule has 2 aromatic heterocycles. The van der Waals surface area contributed by atoms with Gasteiger partial charge in [0.15, 0.2) is 5.76 Å². The standard InChI is InChI=1S/C16H16ClN3O2/c17-11-8-18-6-5-10(11)14-3-4-15(22-14)16(21)20-13-7-9-1-2-12(13)19-9/h3-6,8-9,12-13,19H,1-2,7H2,(H,20,21)/t9-,12+,13-/m1/s1. The van der Waals surface area contributed by atoms with Crippen LogP contribution in [0, 0.1) is 0 Å². The second kappa shape index (κ2) is 5.41. The lowest BCUT2D eigenvalue weighted by Crippen LogP contribution is -2.42. The number of halogens is 1. The highest BCUT2D eigenvalue weighted by atomic mass is 35.5. The molecular formula is C16H16ClN3O2. The molecule has 2 fully saturated rings. The van der Waals surface area contributed by atoms with Gasteiger partial charge < -0.3 is 15.1 Å². The highest BCUT2D eigenvalue weighted by Gasteiger charge is 2.39. The largest absolute Gasteiger partial charge is 0.451 e. The first-order valence-electron chi connectivity index (χ1n) is 7.47. The van der Waals surface area contributed by atoms with Crippen LogP contribution in [0.25, 0.3) is 11.3 Å². The number of nitrogens with one attached hydrogen (secondary N) is 2. The van der Waals surface area contributed by atoms with Gasteiger partial charge in [0.25, 0.3) is 5.91 Å². The van der Waals surface area contributed by atoms with E-state index in [9.17, 15) is 4.79 Å². The number of carbonyl (C=O) groups excluding carboxylic acids is 1. The minimum atomic E-state index is -0.171. The molecule has 0 spiro atoms. The number of hydrogen-bond acceptors (Lipinski definition) is 4. The van der Waals surface area contributed by atoms with Crippen molar-refractivity contribution in [1.29, 1.82) is 0 Å². The van der Waals surface area contributed by atoms with Crippen LogP contribution >= 0.6 is 11.6 Å². The molecule has 2 aliphatic heterocycles. The molecule has 2 saturated heterocycles. The van der Waals surface area contributed by atoms with Crippen LogP contribution in [0.5, 0.6) is 0 Å². The van der Waals surface area contributed by atoms with Crippen molar-refractivity contribution in [3.8, 4) is 11.3 Å². The van der Waals surface area contributed by atoms with Crippen molar-refractivity contribution < 1.29 is 9.21 Å². The van der Waals surface area contributed by atoms with Gasteiger partial charge in [-0.25, -0.2) is 0 Å². The summed E-state index contributed by atoms with van der Waals surface area (Å²) < 4.78 is 5.66. The van der Waals surface area contributed by atoms with Gasteiger partial charge in [-0.1, -0.05) is 11.6 Å². The third-order valence-corrected chi connectivity index (χ3v) is 4.79. The molecule has 114 valence electrons. The van der Waals surface area contributed by atoms with Crippen LogP contribution in [0.3, 0.4) is 0 Å². The number of rotatable bonds is 3. The van der Waals surface area contributed by atoms with Crippen LogP contribution in [-0.4, -0.2) is 29.0 Å². The number of nitrogens with zero attached hydrogens (tertiary/aromatic N) is 1. The summed E-state index contributed by atoms with van der Waals surface area (Å²) >= 11 is 6.10. The fourth-order valence-corrected chi connectivity index (χ4v) is 3.62. The van der Waals surface area contributed by atoms with Crippen molar-refractivity contribution in [3.05, 3.63) is 41.4 Å². The molecule has 22 heavy (non-hydrogen) atoms. The predicted molar refractivity (Wildman–Crippen MR) is 82.8 cm³/mol. The number of furan rings is 1. The molecule has 5 nitrogen and oxygen atoms in total. The van der Waals surface area contributed by atoms with Crippen LogP contribution in [0.1, 0.15) is 29.8 Å². The molecular weight excluding hydrogens is 302 g/mol. The van der Waals surface area contributed by atoms with E-state index in [0.29, 0.717) is 28.6 Å². The maximum absolute atomic E-state index is 12.3. The molecule has 1 amide bonds. The minimum absolute atomic E-state index is 0.171. The monoisotopic (exact) mass is 317 g/mol. The number of aromatic nitrogens is 1. The van der Waals surface area contributed by atoms with Gasteiger partial charge in [-0.15, -0.1) is 0 Å². The van der Waals surface area contributed by atoms with Crippen molar-refractivity contribution in [3.63, 3.8) is 0 Å². The Morgan fingerprint density at radius 1 is 1.36 bits per heavy atom. The first-order valence-corrected chi connectivity index (χ1v) is 7.85. The zero-order chi connectivity index (χ0) is 15.1. The SMILES string of the molecule is O=C(N[C@@H]1C[C@H]2CC[C@@H]1N2)c1ccc(-c2ccncc2Cl)o1. The Labute approximate surface area is 133 Å². The Kier molecular flexibility index (Phi) is 3.39. The number of fused-ring (bicyclic) bond motifs is 2. The van der Waals surface area contributed by atoms with Crippen molar-refractivity contribution in [2.45, 2.75) is 37.4 Å². The molecule has 2 aromatic rings.